The number of benzene rings is 2. The zero-order valence-corrected chi connectivity index (χ0v) is 13.7. The molecule has 0 aliphatic heterocycles. The fraction of sp³-hybridized carbons (Fsp3) is 0.111. The van der Waals surface area contributed by atoms with Gasteiger partial charge in [0.05, 0.1) is 25.7 Å². The number of ether oxygens (including phenoxy) is 1. The van der Waals surface area contributed by atoms with Gasteiger partial charge in [-0.3, -0.25) is 0 Å². The summed E-state index contributed by atoms with van der Waals surface area (Å²) in [5.41, 5.74) is 7.83. The van der Waals surface area contributed by atoms with Gasteiger partial charge in [0.1, 0.15) is 11.6 Å². The molecule has 3 N–H and O–H groups in total. The summed E-state index contributed by atoms with van der Waals surface area (Å²) >= 11 is 0. The van der Waals surface area contributed by atoms with Gasteiger partial charge in [0.2, 0.25) is 0 Å². The van der Waals surface area contributed by atoms with Crippen LogP contribution in [0.1, 0.15) is 5.56 Å². The van der Waals surface area contributed by atoms with Crippen LogP contribution in [0, 0.1) is 5.82 Å². The lowest BCUT2D eigenvalue weighted by Crippen LogP contribution is -2.22. The zero-order valence-electron chi connectivity index (χ0n) is 13.7. The average molecular weight is 339 g/mol. The Morgan fingerprint density at radius 1 is 1.28 bits per heavy atom. The molecule has 7 heteroatoms. The maximum atomic E-state index is 14.2. The second-order valence-electron chi connectivity index (χ2n) is 5.31. The number of imidazole rings is 1. The van der Waals surface area contributed by atoms with Crippen LogP contribution in [0.15, 0.2) is 66.2 Å². The molecule has 3 rings (SSSR count). The molecule has 128 valence electrons. The summed E-state index contributed by atoms with van der Waals surface area (Å²) < 4.78 is 20.9. The topological polar surface area (TPSA) is 77.5 Å². The minimum Gasteiger partial charge on any atom is -0.497 e. The van der Waals surface area contributed by atoms with Gasteiger partial charge in [0, 0.05) is 18.1 Å². The van der Waals surface area contributed by atoms with Gasteiger partial charge in [0.25, 0.3) is 0 Å². The molecule has 0 radical (unpaired) electrons. The van der Waals surface area contributed by atoms with Crippen molar-refractivity contribution < 1.29 is 9.13 Å². The molecule has 2 aromatic carbocycles. The third-order valence-electron chi connectivity index (χ3n) is 3.59. The predicted molar refractivity (Wildman–Crippen MR) is 95.5 cm³/mol. The highest BCUT2D eigenvalue weighted by molar-refractivity contribution is 5.92. The van der Waals surface area contributed by atoms with Crippen molar-refractivity contribution in [3.05, 3.63) is 72.6 Å². The number of hydrogen-bond donors (Lipinski definition) is 2. The lowest BCUT2D eigenvalue weighted by atomic mass is 10.2. The van der Waals surface area contributed by atoms with Crippen LogP contribution in [0.2, 0.25) is 0 Å². The Morgan fingerprint density at radius 3 is 2.72 bits per heavy atom. The van der Waals surface area contributed by atoms with E-state index in [-0.39, 0.29) is 18.3 Å². The molecular formula is C18H18FN5O. The largest absolute Gasteiger partial charge is 0.497 e. The highest BCUT2D eigenvalue weighted by Crippen LogP contribution is 2.16. The summed E-state index contributed by atoms with van der Waals surface area (Å²) in [6.07, 6.45) is 4.84. The Bertz CT molecular complexity index is 860. The molecule has 0 fully saturated rings. The van der Waals surface area contributed by atoms with Gasteiger partial charge in [-0.15, -0.1) is 0 Å². The van der Waals surface area contributed by atoms with E-state index in [1.54, 1.807) is 36.5 Å². The Labute approximate surface area is 144 Å². The van der Waals surface area contributed by atoms with Crippen molar-refractivity contribution in [2.45, 2.75) is 6.54 Å². The van der Waals surface area contributed by atoms with Gasteiger partial charge in [-0.1, -0.05) is 6.07 Å². The first-order chi connectivity index (χ1) is 12.2. The van der Waals surface area contributed by atoms with E-state index < -0.39 is 0 Å². The highest BCUT2D eigenvalue weighted by Gasteiger charge is 2.05. The summed E-state index contributed by atoms with van der Waals surface area (Å²) in [4.78, 5) is 8.15. The maximum absolute atomic E-state index is 14.2. The summed E-state index contributed by atoms with van der Waals surface area (Å²) in [5.74, 6) is 0.672. The van der Waals surface area contributed by atoms with Gasteiger partial charge >= 0.3 is 0 Å². The monoisotopic (exact) mass is 339 g/mol. The number of guanidine groups is 1. The first-order valence-corrected chi connectivity index (χ1v) is 7.63. The normalized spacial score (nSPS) is 11.4. The van der Waals surface area contributed by atoms with Gasteiger partial charge in [0.15, 0.2) is 5.96 Å². The lowest BCUT2D eigenvalue weighted by molar-refractivity contribution is 0.415. The number of hydrogen-bond acceptors (Lipinski definition) is 3. The van der Waals surface area contributed by atoms with E-state index in [2.05, 4.69) is 15.3 Å². The lowest BCUT2D eigenvalue weighted by Gasteiger charge is -2.08. The van der Waals surface area contributed by atoms with Crippen LogP contribution in [-0.2, 0) is 6.54 Å². The molecule has 0 spiro atoms. The molecular weight excluding hydrogens is 321 g/mol. The number of nitrogens with one attached hydrogen (secondary N) is 1. The summed E-state index contributed by atoms with van der Waals surface area (Å²) in [6.45, 7) is 0.274. The van der Waals surface area contributed by atoms with E-state index >= 15 is 0 Å². The molecule has 25 heavy (non-hydrogen) atoms. The molecule has 0 saturated carbocycles. The fourth-order valence-electron chi connectivity index (χ4n) is 2.30. The number of nitrogens with zero attached hydrogens (tertiary/aromatic N) is 3. The van der Waals surface area contributed by atoms with Crippen molar-refractivity contribution in [3.63, 3.8) is 0 Å². The Morgan fingerprint density at radius 2 is 2.08 bits per heavy atom. The van der Waals surface area contributed by atoms with E-state index in [1.807, 2.05) is 30.3 Å². The molecule has 3 aromatic rings. The Kier molecular flexibility index (Phi) is 4.94. The van der Waals surface area contributed by atoms with Crippen molar-refractivity contribution in [3.8, 4) is 11.4 Å². The van der Waals surface area contributed by atoms with Gasteiger partial charge in [-0.25, -0.2) is 14.4 Å². The smallest absolute Gasteiger partial charge is 0.193 e. The summed E-state index contributed by atoms with van der Waals surface area (Å²) in [7, 11) is 1.61. The molecule has 0 unspecified atom stereocenters. The van der Waals surface area contributed by atoms with E-state index in [1.165, 1.54) is 6.07 Å². The molecule has 1 aromatic heterocycles. The van der Waals surface area contributed by atoms with Crippen LogP contribution in [0.3, 0.4) is 0 Å². The van der Waals surface area contributed by atoms with Crippen molar-refractivity contribution in [1.82, 2.24) is 9.55 Å². The number of nitrogens with two attached hydrogens (primary N) is 1. The minimum absolute atomic E-state index is 0.254. The minimum atomic E-state index is -0.340. The van der Waals surface area contributed by atoms with Crippen LogP contribution >= 0.6 is 0 Å². The molecule has 0 aliphatic carbocycles. The first-order valence-electron chi connectivity index (χ1n) is 7.63. The van der Waals surface area contributed by atoms with Crippen molar-refractivity contribution in [2.75, 3.05) is 12.4 Å². The molecule has 0 aliphatic rings. The van der Waals surface area contributed by atoms with Gasteiger partial charge < -0.3 is 20.4 Å². The van der Waals surface area contributed by atoms with Crippen molar-refractivity contribution in [1.29, 1.82) is 0 Å². The van der Waals surface area contributed by atoms with Gasteiger partial charge in [-0.05, 0) is 42.0 Å². The first kappa shape index (κ1) is 16.5. The number of halogens is 1. The summed E-state index contributed by atoms with van der Waals surface area (Å²) in [5, 5.41) is 2.98. The van der Waals surface area contributed by atoms with Crippen molar-refractivity contribution in [2.24, 2.45) is 10.7 Å². The number of aromatic nitrogens is 2. The number of aliphatic imine (C=N–C) groups is 1. The van der Waals surface area contributed by atoms with Crippen LogP contribution in [0.4, 0.5) is 10.1 Å². The van der Waals surface area contributed by atoms with Gasteiger partial charge in [-0.2, -0.15) is 0 Å². The van der Waals surface area contributed by atoms with E-state index in [0.717, 1.165) is 17.0 Å². The standard InChI is InChI=1S/C18H18FN5O/c1-25-15-5-3-14(4-6-15)23-18(20)22-11-13-2-7-17(16(19)10-13)24-9-8-21-12-24/h2-10,12H,11H2,1H3,(H3,20,22,23). The third-order valence-corrected chi connectivity index (χ3v) is 3.59. The van der Waals surface area contributed by atoms with E-state index in [0.29, 0.717) is 5.69 Å². The molecule has 0 saturated heterocycles. The maximum Gasteiger partial charge on any atom is 0.193 e. The Balaban J connectivity index is 1.65. The van der Waals surface area contributed by atoms with E-state index in [4.69, 9.17) is 10.5 Å². The predicted octanol–water partition coefficient (Wildman–Crippen LogP) is 2.95. The molecule has 0 bridgehead atoms. The molecule has 0 atom stereocenters. The zero-order chi connectivity index (χ0) is 17.6. The quantitative estimate of drug-likeness (QED) is 0.553. The van der Waals surface area contributed by atoms with E-state index in [9.17, 15) is 4.39 Å². The number of rotatable bonds is 5. The molecule has 0 amide bonds. The van der Waals surface area contributed by atoms with Crippen LogP contribution in [0.25, 0.3) is 5.69 Å². The fourth-order valence-corrected chi connectivity index (χ4v) is 2.30. The third kappa shape index (κ3) is 4.14. The highest BCUT2D eigenvalue weighted by atomic mass is 19.1. The summed E-state index contributed by atoms with van der Waals surface area (Å²) in [6, 6.07) is 12.2. The number of anilines is 1. The van der Waals surface area contributed by atoms with Crippen LogP contribution in [-0.4, -0.2) is 22.6 Å². The number of methoxy groups -OCH3 is 1. The van der Waals surface area contributed by atoms with Crippen LogP contribution < -0.4 is 15.8 Å². The SMILES string of the molecule is COc1ccc(NC(N)=NCc2ccc(-n3ccnc3)c(F)c2)cc1. The molecule has 1 heterocycles. The molecule has 6 nitrogen and oxygen atoms in total. The van der Waals surface area contributed by atoms with Crippen LogP contribution in [0.5, 0.6) is 5.75 Å². The second kappa shape index (κ2) is 7.48. The Hall–Kier alpha value is -3.35. The van der Waals surface area contributed by atoms with Crippen molar-refractivity contribution >= 4 is 11.6 Å². The average Bonchev–Trinajstić information content (AvgIpc) is 3.15. The second-order valence-corrected chi connectivity index (χ2v) is 5.31.